The molecule has 66 valence electrons. The van der Waals surface area contributed by atoms with Crippen LogP contribution in [-0.4, -0.2) is 5.11 Å². The predicted molar refractivity (Wildman–Crippen MR) is 51.8 cm³/mol. The summed E-state index contributed by atoms with van der Waals surface area (Å²) >= 11 is 3.27. The Hall–Kier alpha value is -1.29. The summed E-state index contributed by atoms with van der Waals surface area (Å²) in [6, 6.07) is 6.52. The zero-order valence-electron chi connectivity index (χ0n) is 6.45. The molecule has 0 aliphatic rings. The molecule has 2 rings (SSSR count). The van der Waals surface area contributed by atoms with E-state index in [0.717, 1.165) is 4.47 Å². The van der Waals surface area contributed by atoms with Crippen molar-refractivity contribution in [3.8, 4) is 5.95 Å². The van der Waals surface area contributed by atoms with Gasteiger partial charge in [0.1, 0.15) is 0 Å². The lowest BCUT2D eigenvalue weighted by molar-refractivity contribution is 0.317. The Balaban J connectivity index is 2.94. The van der Waals surface area contributed by atoms with Crippen LogP contribution in [0.3, 0.4) is 0 Å². The Labute approximate surface area is 81.7 Å². The highest BCUT2D eigenvalue weighted by atomic mass is 79.9. The lowest BCUT2D eigenvalue weighted by Gasteiger charge is -1.98. The van der Waals surface area contributed by atoms with E-state index in [9.17, 15) is 9.90 Å². The molecule has 0 aliphatic heterocycles. The number of rotatable bonds is 0. The van der Waals surface area contributed by atoms with Crippen LogP contribution < -0.4 is 5.63 Å². The molecule has 1 aromatic carbocycles. The molecule has 0 saturated carbocycles. The second-order valence-corrected chi connectivity index (χ2v) is 3.52. The van der Waals surface area contributed by atoms with Gasteiger partial charge < -0.3 is 9.52 Å². The third kappa shape index (κ3) is 1.45. The van der Waals surface area contributed by atoms with Gasteiger partial charge in [0.25, 0.3) is 5.95 Å². The molecule has 1 aromatic heterocycles. The van der Waals surface area contributed by atoms with Crippen LogP contribution in [0.2, 0.25) is 0 Å². The van der Waals surface area contributed by atoms with Gasteiger partial charge in [-0.3, -0.25) is 0 Å². The quantitative estimate of drug-likeness (QED) is 0.769. The normalized spacial score (nSPS) is 10.5. The smallest absolute Gasteiger partial charge is 0.339 e. The molecule has 0 spiro atoms. The van der Waals surface area contributed by atoms with Gasteiger partial charge in [0.05, 0.1) is 5.39 Å². The minimum Gasteiger partial charge on any atom is -0.480 e. The monoisotopic (exact) mass is 240 g/mol. The molecule has 0 amide bonds. The average Bonchev–Trinajstić information content (AvgIpc) is 2.02. The van der Waals surface area contributed by atoms with E-state index in [1.54, 1.807) is 18.2 Å². The molecule has 13 heavy (non-hydrogen) atoms. The first kappa shape index (κ1) is 8.31. The summed E-state index contributed by atoms with van der Waals surface area (Å²) in [5, 5.41) is 10.4. The molecule has 0 saturated heterocycles. The van der Waals surface area contributed by atoms with Crippen molar-refractivity contribution in [1.29, 1.82) is 0 Å². The van der Waals surface area contributed by atoms with Crippen LogP contribution in [0.5, 0.6) is 5.95 Å². The molecule has 0 radical (unpaired) electrons. The molecule has 0 aliphatic carbocycles. The van der Waals surface area contributed by atoms with Crippen LogP contribution in [0.15, 0.2) is 37.9 Å². The summed E-state index contributed by atoms with van der Waals surface area (Å²) in [6.45, 7) is 0. The van der Waals surface area contributed by atoms with Crippen molar-refractivity contribution in [3.63, 3.8) is 0 Å². The molecule has 1 N–H and O–H groups in total. The second kappa shape index (κ2) is 2.88. The van der Waals surface area contributed by atoms with Gasteiger partial charge in [0.15, 0.2) is 0 Å². The number of hydrogen-bond donors (Lipinski definition) is 1. The molecule has 0 atom stereocenters. The van der Waals surface area contributed by atoms with Crippen LogP contribution in [0.4, 0.5) is 0 Å². The highest BCUT2D eigenvalue weighted by Crippen LogP contribution is 2.24. The van der Waals surface area contributed by atoms with E-state index >= 15 is 0 Å². The number of halogens is 1. The second-order valence-electron chi connectivity index (χ2n) is 2.60. The summed E-state index contributed by atoms with van der Waals surface area (Å²) in [5.41, 5.74) is -0.553. The maximum absolute atomic E-state index is 10.9. The first-order chi connectivity index (χ1) is 6.16. The fourth-order valence-electron chi connectivity index (χ4n) is 1.15. The van der Waals surface area contributed by atoms with E-state index in [1.165, 1.54) is 6.07 Å². The Morgan fingerprint density at radius 2 is 2.08 bits per heavy atom. The molecule has 4 heteroatoms. The standard InChI is InChI=1S/C9H5BrO3/c10-6-1-2-7-5(3-6)4-8(11)13-9(7)12/h1-4,12H. The third-order valence-electron chi connectivity index (χ3n) is 1.71. The van der Waals surface area contributed by atoms with Gasteiger partial charge in [-0.2, -0.15) is 0 Å². The van der Waals surface area contributed by atoms with E-state index in [0.29, 0.717) is 10.8 Å². The van der Waals surface area contributed by atoms with Crippen molar-refractivity contribution in [1.82, 2.24) is 0 Å². The molecule has 0 unspecified atom stereocenters. The van der Waals surface area contributed by atoms with Gasteiger partial charge >= 0.3 is 5.63 Å². The molecular weight excluding hydrogens is 236 g/mol. The average molecular weight is 241 g/mol. The van der Waals surface area contributed by atoms with Gasteiger partial charge in [-0.15, -0.1) is 0 Å². The van der Waals surface area contributed by atoms with Gasteiger partial charge in [-0.25, -0.2) is 4.79 Å². The summed E-state index contributed by atoms with van der Waals surface area (Å²) in [4.78, 5) is 10.9. The van der Waals surface area contributed by atoms with E-state index < -0.39 is 5.63 Å². The fourth-order valence-corrected chi connectivity index (χ4v) is 1.53. The molecule has 0 fully saturated rings. The highest BCUT2D eigenvalue weighted by molar-refractivity contribution is 9.10. The summed E-state index contributed by atoms with van der Waals surface area (Å²) in [6.07, 6.45) is 0. The van der Waals surface area contributed by atoms with Crippen molar-refractivity contribution < 1.29 is 9.52 Å². The molecule has 2 aromatic rings. The summed E-state index contributed by atoms with van der Waals surface area (Å²) in [5.74, 6) is -0.338. The van der Waals surface area contributed by atoms with Crippen molar-refractivity contribution >= 4 is 26.7 Å². The van der Waals surface area contributed by atoms with Gasteiger partial charge in [-0.05, 0) is 23.6 Å². The zero-order valence-corrected chi connectivity index (χ0v) is 8.04. The topological polar surface area (TPSA) is 50.4 Å². The van der Waals surface area contributed by atoms with E-state index in [1.807, 2.05) is 0 Å². The minimum atomic E-state index is -0.553. The van der Waals surface area contributed by atoms with Gasteiger partial charge in [0, 0.05) is 10.5 Å². The Morgan fingerprint density at radius 3 is 2.85 bits per heavy atom. The van der Waals surface area contributed by atoms with Gasteiger partial charge in [0.2, 0.25) is 0 Å². The van der Waals surface area contributed by atoms with E-state index in [2.05, 4.69) is 20.3 Å². The largest absolute Gasteiger partial charge is 0.480 e. The number of benzene rings is 1. The van der Waals surface area contributed by atoms with Crippen molar-refractivity contribution in [2.24, 2.45) is 0 Å². The lowest BCUT2D eigenvalue weighted by Crippen LogP contribution is -1.94. The van der Waals surface area contributed by atoms with Crippen molar-refractivity contribution in [2.45, 2.75) is 0 Å². The van der Waals surface area contributed by atoms with Crippen LogP contribution in [0, 0.1) is 0 Å². The SMILES string of the molecule is O=c1cc2cc(Br)ccc2c(O)o1. The number of aromatic hydroxyl groups is 1. The molecular formula is C9H5BrO3. The maximum atomic E-state index is 10.9. The number of hydrogen-bond acceptors (Lipinski definition) is 3. The van der Waals surface area contributed by atoms with E-state index in [-0.39, 0.29) is 5.95 Å². The van der Waals surface area contributed by atoms with Crippen molar-refractivity contribution in [2.75, 3.05) is 0 Å². The Bertz CT molecular complexity index is 516. The predicted octanol–water partition coefficient (Wildman–Crippen LogP) is 2.26. The molecule has 1 heterocycles. The number of fused-ring (bicyclic) bond motifs is 1. The first-order valence-electron chi connectivity index (χ1n) is 3.59. The van der Waals surface area contributed by atoms with Crippen molar-refractivity contribution in [3.05, 3.63) is 39.2 Å². The van der Waals surface area contributed by atoms with Crippen LogP contribution >= 0.6 is 15.9 Å². The maximum Gasteiger partial charge on any atom is 0.339 e. The Morgan fingerprint density at radius 1 is 1.31 bits per heavy atom. The van der Waals surface area contributed by atoms with Crippen LogP contribution in [-0.2, 0) is 0 Å². The minimum absolute atomic E-state index is 0.338. The van der Waals surface area contributed by atoms with Crippen LogP contribution in [0.1, 0.15) is 0 Å². The highest BCUT2D eigenvalue weighted by Gasteiger charge is 2.03. The van der Waals surface area contributed by atoms with E-state index in [4.69, 9.17) is 0 Å². The first-order valence-corrected chi connectivity index (χ1v) is 4.38. The lowest BCUT2D eigenvalue weighted by atomic mass is 10.2. The van der Waals surface area contributed by atoms with Crippen LogP contribution in [0.25, 0.3) is 10.8 Å². The molecule has 3 nitrogen and oxygen atoms in total. The van der Waals surface area contributed by atoms with Gasteiger partial charge in [-0.1, -0.05) is 15.9 Å². The summed E-state index contributed by atoms with van der Waals surface area (Å²) in [7, 11) is 0. The Kier molecular flexibility index (Phi) is 1.84. The summed E-state index contributed by atoms with van der Waals surface area (Å²) < 4.78 is 5.37. The fraction of sp³-hybridized carbons (Fsp3) is 0. The zero-order chi connectivity index (χ0) is 9.42. The third-order valence-corrected chi connectivity index (χ3v) is 2.21. The molecule has 0 bridgehead atoms.